The van der Waals surface area contributed by atoms with E-state index in [1.54, 1.807) is 12.1 Å². The smallest absolute Gasteiger partial charge is 0.381 e. The van der Waals surface area contributed by atoms with Crippen LogP contribution in [0.15, 0.2) is 77.5 Å². The minimum atomic E-state index is -1.01. The van der Waals surface area contributed by atoms with Crippen LogP contribution in [0.4, 0.5) is 5.69 Å². The third-order valence-corrected chi connectivity index (χ3v) is 6.45. The summed E-state index contributed by atoms with van der Waals surface area (Å²) in [4.78, 5) is 36.0. The molecule has 178 valence electrons. The van der Waals surface area contributed by atoms with Crippen LogP contribution in [0.25, 0.3) is 11.1 Å². The number of aromatic carboxylic acids is 1. The summed E-state index contributed by atoms with van der Waals surface area (Å²) < 4.78 is 5.31. The van der Waals surface area contributed by atoms with E-state index in [1.807, 2.05) is 49.4 Å². The maximum Gasteiger partial charge on any atom is 0.381 e. The molecule has 1 atom stereocenters. The molecule has 1 fully saturated rings. The number of carboxylic acid groups (broad SMARTS) is 1. The molecule has 1 aromatic heterocycles. The van der Waals surface area contributed by atoms with Crippen LogP contribution in [-0.2, 0) is 4.79 Å². The second-order valence-corrected chi connectivity index (χ2v) is 8.77. The first kappa shape index (κ1) is 22.6. The zero-order valence-electron chi connectivity index (χ0n) is 19.3. The Kier molecular flexibility index (Phi) is 5.96. The molecular formula is C27H26N3O5+. The number of anilines is 1. The number of carbonyl (C=O) groups is 2. The van der Waals surface area contributed by atoms with Crippen molar-refractivity contribution < 1.29 is 28.6 Å². The van der Waals surface area contributed by atoms with Crippen LogP contribution in [0.2, 0.25) is 0 Å². The lowest BCUT2D eigenvalue weighted by Crippen LogP contribution is -2.56. The predicted molar refractivity (Wildman–Crippen MR) is 130 cm³/mol. The van der Waals surface area contributed by atoms with Gasteiger partial charge >= 0.3 is 11.9 Å². The molecule has 35 heavy (non-hydrogen) atoms. The number of hydrogen-bond acceptors (Lipinski definition) is 6. The van der Waals surface area contributed by atoms with E-state index >= 15 is 0 Å². The largest absolute Gasteiger partial charge is 0.478 e. The van der Waals surface area contributed by atoms with E-state index in [-0.39, 0.29) is 16.1 Å². The molecule has 2 N–H and O–H groups in total. The summed E-state index contributed by atoms with van der Waals surface area (Å²) in [6.45, 7) is 3.04. The maximum atomic E-state index is 14.3. The number of hydrogen-bond donors (Lipinski definition) is 2. The Morgan fingerprint density at radius 2 is 1.80 bits per heavy atom. The Bertz CT molecular complexity index is 1370. The Morgan fingerprint density at radius 3 is 2.51 bits per heavy atom. The highest BCUT2D eigenvalue weighted by atomic mass is 16.7. The molecule has 8 heteroatoms. The van der Waals surface area contributed by atoms with Gasteiger partial charge in [-0.2, -0.15) is 0 Å². The number of fused-ring (bicyclic) bond motifs is 1. The maximum absolute atomic E-state index is 14.3. The summed E-state index contributed by atoms with van der Waals surface area (Å²) in [6, 6.07) is 18.8. The summed E-state index contributed by atoms with van der Waals surface area (Å²) in [7, 11) is 0. The highest BCUT2D eigenvalue weighted by Crippen LogP contribution is 2.33. The first-order valence-electron chi connectivity index (χ1n) is 11.5. The van der Waals surface area contributed by atoms with Gasteiger partial charge in [0.1, 0.15) is 18.6 Å². The average Bonchev–Trinajstić information content (AvgIpc) is 3.53. The number of aromatic nitrogens is 1. The molecule has 1 saturated heterocycles. The molecule has 0 spiro atoms. The van der Waals surface area contributed by atoms with Gasteiger partial charge in [0.15, 0.2) is 23.8 Å². The van der Waals surface area contributed by atoms with Crippen LogP contribution in [0.5, 0.6) is 5.75 Å². The van der Waals surface area contributed by atoms with Crippen molar-refractivity contribution in [2.45, 2.75) is 25.8 Å². The fraction of sp³-hybridized carbons (Fsp3) is 0.222. The topological polar surface area (TPSA) is 102 Å². The highest BCUT2D eigenvalue weighted by molar-refractivity contribution is 5.87. The van der Waals surface area contributed by atoms with Gasteiger partial charge in [-0.25, -0.2) is 14.6 Å². The molecule has 8 nitrogen and oxygen atoms in total. The summed E-state index contributed by atoms with van der Waals surface area (Å²) in [5.74, 6) is -0.694. The number of quaternary nitrogens is 1. The highest BCUT2D eigenvalue weighted by Gasteiger charge is 2.48. The van der Waals surface area contributed by atoms with Gasteiger partial charge in [0.25, 0.3) is 0 Å². The van der Waals surface area contributed by atoms with E-state index in [9.17, 15) is 14.7 Å². The molecular weight excluding hydrogens is 446 g/mol. The van der Waals surface area contributed by atoms with Crippen molar-refractivity contribution in [2.75, 3.05) is 18.4 Å². The number of amides is 1. The van der Waals surface area contributed by atoms with E-state index < -0.39 is 12.0 Å². The second-order valence-electron chi connectivity index (χ2n) is 8.77. The van der Waals surface area contributed by atoms with Gasteiger partial charge in [-0.05, 0) is 60.5 Å². The van der Waals surface area contributed by atoms with Crippen LogP contribution in [0.1, 0.15) is 40.4 Å². The lowest BCUT2D eigenvalue weighted by atomic mass is 10.0. The van der Waals surface area contributed by atoms with Gasteiger partial charge in [-0.3, -0.25) is 0 Å². The number of hydroxylamine groups is 3. The van der Waals surface area contributed by atoms with E-state index in [0.29, 0.717) is 24.4 Å². The van der Waals surface area contributed by atoms with Gasteiger partial charge in [0.05, 0.1) is 5.56 Å². The van der Waals surface area contributed by atoms with Crippen molar-refractivity contribution >= 4 is 28.7 Å². The molecule has 0 saturated carbocycles. The zero-order chi connectivity index (χ0) is 24.4. The molecule has 0 aliphatic carbocycles. The van der Waals surface area contributed by atoms with Gasteiger partial charge < -0.3 is 19.7 Å². The number of rotatable bonds is 7. The first-order chi connectivity index (χ1) is 16.9. The standard InChI is InChI=1S/C27H25N3O5/c1-18-6-2-3-7-22(18)29-25(20-10-13-23-24(16-20)34-17-28-23)26(31)30(14-4-5-15-30)35-21-11-8-19(9-12-21)27(32)33/h2-3,6-13,16-17,25,29H,4-5,14-15H2,1H3/p+1. The number of likely N-dealkylation sites (tertiary alicyclic amines) is 1. The molecule has 1 aliphatic heterocycles. The Hall–Kier alpha value is -4.17. The molecule has 2 heterocycles. The molecule has 1 unspecified atom stereocenters. The third kappa shape index (κ3) is 4.48. The SMILES string of the molecule is Cc1ccccc1NC(C(=O)[N+]1(Oc2ccc(C(=O)O)cc2)CCCC1)c1ccc2ncoc2c1. The molecule has 0 bridgehead atoms. The number of aryl methyl sites for hydroxylation is 1. The molecule has 3 aromatic carbocycles. The van der Waals surface area contributed by atoms with Crippen molar-refractivity contribution in [3.05, 3.63) is 89.8 Å². The molecule has 4 aromatic rings. The Morgan fingerprint density at radius 1 is 1.06 bits per heavy atom. The monoisotopic (exact) mass is 472 g/mol. The summed E-state index contributed by atoms with van der Waals surface area (Å²) in [5.41, 5.74) is 4.10. The number of benzene rings is 3. The number of carbonyl (C=O) groups excluding carboxylic acids is 1. The van der Waals surface area contributed by atoms with Gasteiger partial charge in [0, 0.05) is 18.5 Å². The number of carboxylic acids is 1. The van der Waals surface area contributed by atoms with Crippen molar-refractivity contribution in [2.24, 2.45) is 0 Å². The number of nitrogens with one attached hydrogen (secondary N) is 1. The number of oxazole rings is 1. The number of para-hydroxylation sites is 1. The first-order valence-corrected chi connectivity index (χ1v) is 11.5. The summed E-state index contributed by atoms with van der Waals surface area (Å²) in [5, 5.41) is 12.6. The molecule has 0 radical (unpaired) electrons. The average molecular weight is 473 g/mol. The van der Waals surface area contributed by atoms with Crippen LogP contribution < -0.4 is 10.2 Å². The lowest BCUT2D eigenvalue weighted by Gasteiger charge is -2.32. The van der Waals surface area contributed by atoms with E-state index in [0.717, 1.165) is 35.2 Å². The Labute approximate surface area is 202 Å². The zero-order valence-corrected chi connectivity index (χ0v) is 19.3. The van der Waals surface area contributed by atoms with Crippen molar-refractivity contribution in [1.82, 2.24) is 4.98 Å². The van der Waals surface area contributed by atoms with Crippen molar-refractivity contribution in [3.63, 3.8) is 0 Å². The van der Waals surface area contributed by atoms with Crippen LogP contribution in [0, 0.1) is 6.92 Å². The van der Waals surface area contributed by atoms with Crippen molar-refractivity contribution in [1.29, 1.82) is 0 Å². The van der Waals surface area contributed by atoms with E-state index in [2.05, 4.69) is 10.3 Å². The normalized spacial score (nSPS) is 15.6. The van der Waals surface area contributed by atoms with Crippen LogP contribution in [-0.4, -0.2) is 39.7 Å². The van der Waals surface area contributed by atoms with E-state index in [1.165, 1.54) is 18.5 Å². The van der Waals surface area contributed by atoms with E-state index in [4.69, 9.17) is 9.25 Å². The van der Waals surface area contributed by atoms with Crippen molar-refractivity contribution in [3.8, 4) is 5.75 Å². The fourth-order valence-electron chi connectivity index (χ4n) is 4.53. The second kappa shape index (κ2) is 9.23. The molecule has 1 aliphatic rings. The Balaban J connectivity index is 1.53. The van der Waals surface area contributed by atoms with Gasteiger partial charge in [-0.15, -0.1) is 0 Å². The summed E-state index contributed by atoms with van der Waals surface area (Å²) in [6.07, 6.45) is 3.08. The minimum absolute atomic E-state index is 0.132. The van der Waals surface area contributed by atoms with Crippen LogP contribution >= 0.6 is 0 Å². The lowest BCUT2D eigenvalue weighted by molar-refractivity contribution is -1.00. The van der Waals surface area contributed by atoms with Crippen LogP contribution in [0.3, 0.4) is 0 Å². The van der Waals surface area contributed by atoms with Gasteiger partial charge in [0.2, 0.25) is 0 Å². The fourth-order valence-corrected chi connectivity index (χ4v) is 4.53. The third-order valence-electron chi connectivity index (χ3n) is 6.45. The quantitative estimate of drug-likeness (QED) is 0.360. The van der Waals surface area contributed by atoms with Gasteiger partial charge in [-0.1, -0.05) is 28.9 Å². The predicted octanol–water partition coefficient (Wildman–Crippen LogP) is 5.12. The summed E-state index contributed by atoms with van der Waals surface area (Å²) >= 11 is 0. The number of nitrogens with zero attached hydrogens (tertiary/aromatic N) is 2. The molecule has 5 rings (SSSR count). The minimum Gasteiger partial charge on any atom is -0.478 e. The molecule has 1 amide bonds.